The van der Waals surface area contributed by atoms with Gasteiger partial charge < -0.3 is 9.73 Å². The van der Waals surface area contributed by atoms with Gasteiger partial charge in [-0.1, -0.05) is 37.6 Å². The summed E-state index contributed by atoms with van der Waals surface area (Å²) in [5, 5.41) is 13.8. The number of unbranched alkanes of at least 4 members (excludes halogenated alkanes) is 1. The maximum Gasteiger partial charge on any atom is 0.433 e. The molecule has 0 aliphatic rings. The number of benzene rings is 1. The van der Waals surface area contributed by atoms with Crippen LogP contribution in [0, 0.1) is 10.1 Å². The standard InChI is InChI=1S/C16H20N2O3/c1-3-4-5-12-6-8-13(9-7-12)16(17-2)14-10-11-15(21-14)18(19)20/h6-11,16-17H,3-5H2,1-2H3. The molecule has 1 aromatic heterocycles. The van der Waals surface area contributed by atoms with E-state index in [4.69, 9.17) is 4.42 Å². The highest BCUT2D eigenvalue weighted by molar-refractivity contribution is 5.32. The van der Waals surface area contributed by atoms with Crippen LogP contribution in [0.2, 0.25) is 0 Å². The Labute approximate surface area is 124 Å². The third-order valence-corrected chi connectivity index (χ3v) is 3.50. The van der Waals surface area contributed by atoms with E-state index in [-0.39, 0.29) is 11.9 Å². The minimum atomic E-state index is -0.524. The van der Waals surface area contributed by atoms with Gasteiger partial charge in [0.2, 0.25) is 0 Å². The summed E-state index contributed by atoms with van der Waals surface area (Å²) in [4.78, 5) is 10.2. The minimum absolute atomic E-state index is 0.182. The molecule has 0 aliphatic carbocycles. The van der Waals surface area contributed by atoms with Crippen molar-refractivity contribution in [2.24, 2.45) is 0 Å². The Bertz CT molecular complexity index is 590. The number of hydrogen-bond donors (Lipinski definition) is 1. The number of nitro groups is 1. The van der Waals surface area contributed by atoms with Crippen LogP contribution in [-0.2, 0) is 6.42 Å². The van der Waals surface area contributed by atoms with Crippen molar-refractivity contribution < 1.29 is 9.34 Å². The van der Waals surface area contributed by atoms with Crippen LogP contribution in [0.3, 0.4) is 0 Å². The molecular formula is C16H20N2O3. The average molecular weight is 288 g/mol. The zero-order valence-electron chi connectivity index (χ0n) is 12.3. The molecule has 0 aliphatic heterocycles. The molecule has 5 heteroatoms. The van der Waals surface area contributed by atoms with E-state index in [0.29, 0.717) is 5.76 Å². The maximum atomic E-state index is 10.7. The molecule has 2 aromatic rings. The van der Waals surface area contributed by atoms with Crippen molar-refractivity contribution in [1.82, 2.24) is 5.32 Å². The van der Waals surface area contributed by atoms with Gasteiger partial charge in [-0.25, -0.2) is 0 Å². The third-order valence-electron chi connectivity index (χ3n) is 3.50. The highest BCUT2D eigenvalue weighted by Crippen LogP contribution is 2.27. The monoisotopic (exact) mass is 288 g/mol. The van der Waals surface area contributed by atoms with E-state index >= 15 is 0 Å². The predicted octanol–water partition coefficient (Wildman–Crippen LogP) is 3.84. The Morgan fingerprint density at radius 3 is 2.48 bits per heavy atom. The quantitative estimate of drug-likeness (QED) is 0.621. The molecule has 0 fully saturated rings. The van der Waals surface area contributed by atoms with Crippen LogP contribution in [0.1, 0.15) is 42.7 Å². The number of rotatable bonds is 7. The van der Waals surface area contributed by atoms with Gasteiger partial charge in [0.25, 0.3) is 0 Å². The highest BCUT2D eigenvalue weighted by Gasteiger charge is 2.19. The summed E-state index contributed by atoms with van der Waals surface area (Å²) >= 11 is 0. The molecule has 0 saturated heterocycles. The average Bonchev–Trinajstić information content (AvgIpc) is 2.97. The highest BCUT2D eigenvalue weighted by atomic mass is 16.6. The van der Waals surface area contributed by atoms with Crippen LogP contribution in [0.4, 0.5) is 5.88 Å². The number of nitrogens with zero attached hydrogens (tertiary/aromatic N) is 1. The lowest BCUT2D eigenvalue weighted by Gasteiger charge is -2.14. The maximum absolute atomic E-state index is 10.7. The van der Waals surface area contributed by atoms with Gasteiger partial charge in [0.05, 0.1) is 12.1 Å². The second kappa shape index (κ2) is 7.04. The van der Waals surface area contributed by atoms with E-state index in [1.807, 2.05) is 19.2 Å². The molecule has 0 spiro atoms. The van der Waals surface area contributed by atoms with Gasteiger partial charge in [-0.05, 0) is 37.1 Å². The fourth-order valence-corrected chi connectivity index (χ4v) is 2.33. The van der Waals surface area contributed by atoms with Gasteiger partial charge in [0.15, 0.2) is 0 Å². The van der Waals surface area contributed by atoms with E-state index in [2.05, 4.69) is 24.4 Å². The molecule has 0 amide bonds. The molecule has 1 aromatic carbocycles. The number of nitrogens with one attached hydrogen (secondary N) is 1. The van der Waals surface area contributed by atoms with E-state index in [1.54, 1.807) is 6.07 Å². The molecule has 21 heavy (non-hydrogen) atoms. The van der Waals surface area contributed by atoms with Crippen LogP contribution in [0.25, 0.3) is 0 Å². The molecular weight excluding hydrogens is 268 g/mol. The Morgan fingerprint density at radius 2 is 1.95 bits per heavy atom. The van der Waals surface area contributed by atoms with Crippen molar-refractivity contribution in [3.8, 4) is 0 Å². The number of aryl methyl sites for hydroxylation is 1. The van der Waals surface area contributed by atoms with Gasteiger partial charge in [0.1, 0.15) is 10.7 Å². The first-order valence-corrected chi connectivity index (χ1v) is 7.16. The molecule has 0 saturated carbocycles. The van der Waals surface area contributed by atoms with Crippen LogP contribution in [-0.4, -0.2) is 12.0 Å². The Morgan fingerprint density at radius 1 is 1.24 bits per heavy atom. The summed E-state index contributed by atoms with van der Waals surface area (Å²) in [6.07, 6.45) is 3.43. The third kappa shape index (κ3) is 3.70. The summed E-state index contributed by atoms with van der Waals surface area (Å²) in [6, 6.07) is 11.1. The van der Waals surface area contributed by atoms with Crippen molar-refractivity contribution in [1.29, 1.82) is 0 Å². The van der Waals surface area contributed by atoms with Crippen molar-refractivity contribution in [3.05, 3.63) is 63.4 Å². The van der Waals surface area contributed by atoms with E-state index in [0.717, 1.165) is 12.0 Å². The predicted molar refractivity (Wildman–Crippen MR) is 81.3 cm³/mol. The van der Waals surface area contributed by atoms with Gasteiger partial charge >= 0.3 is 5.88 Å². The molecule has 2 rings (SSSR count). The molecule has 1 N–H and O–H groups in total. The molecule has 1 unspecified atom stereocenters. The first-order valence-electron chi connectivity index (χ1n) is 7.16. The lowest BCUT2D eigenvalue weighted by molar-refractivity contribution is -0.402. The lowest BCUT2D eigenvalue weighted by Crippen LogP contribution is -2.16. The summed E-state index contributed by atoms with van der Waals surface area (Å²) < 4.78 is 5.29. The van der Waals surface area contributed by atoms with Crippen molar-refractivity contribution >= 4 is 5.88 Å². The molecule has 1 atom stereocenters. The lowest BCUT2D eigenvalue weighted by atomic mass is 10.0. The molecule has 112 valence electrons. The Kier molecular flexibility index (Phi) is 5.11. The SMILES string of the molecule is CCCCc1ccc(C(NC)c2ccc([N+](=O)[O-])o2)cc1. The summed E-state index contributed by atoms with van der Waals surface area (Å²) in [7, 11) is 1.81. The topological polar surface area (TPSA) is 68.3 Å². The normalized spacial score (nSPS) is 12.3. The van der Waals surface area contributed by atoms with Gasteiger partial charge in [-0.3, -0.25) is 10.1 Å². The first-order chi connectivity index (χ1) is 10.2. The summed E-state index contributed by atoms with van der Waals surface area (Å²) in [6.45, 7) is 2.18. The molecule has 1 heterocycles. The van der Waals surface area contributed by atoms with Crippen molar-refractivity contribution in [2.45, 2.75) is 32.2 Å². The van der Waals surface area contributed by atoms with Gasteiger partial charge in [0, 0.05) is 0 Å². The molecule has 5 nitrogen and oxygen atoms in total. The van der Waals surface area contributed by atoms with Crippen LogP contribution in [0.5, 0.6) is 0 Å². The van der Waals surface area contributed by atoms with E-state index in [1.165, 1.54) is 24.5 Å². The fraction of sp³-hybridized carbons (Fsp3) is 0.375. The van der Waals surface area contributed by atoms with Crippen molar-refractivity contribution in [3.63, 3.8) is 0 Å². The van der Waals surface area contributed by atoms with Crippen LogP contribution < -0.4 is 5.32 Å². The van der Waals surface area contributed by atoms with E-state index < -0.39 is 4.92 Å². The molecule has 0 radical (unpaired) electrons. The van der Waals surface area contributed by atoms with Crippen LogP contribution in [0.15, 0.2) is 40.8 Å². The van der Waals surface area contributed by atoms with Crippen LogP contribution >= 0.6 is 0 Å². The first kappa shape index (κ1) is 15.3. The second-order valence-corrected chi connectivity index (χ2v) is 5.00. The van der Waals surface area contributed by atoms with Gasteiger partial charge in [-0.15, -0.1) is 0 Å². The summed E-state index contributed by atoms with van der Waals surface area (Å²) in [5.41, 5.74) is 2.34. The minimum Gasteiger partial charge on any atom is -0.404 e. The molecule has 0 bridgehead atoms. The zero-order chi connectivity index (χ0) is 15.2. The van der Waals surface area contributed by atoms with Crippen molar-refractivity contribution in [2.75, 3.05) is 7.05 Å². The van der Waals surface area contributed by atoms with Gasteiger partial charge in [-0.2, -0.15) is 0 Å². The Balaban J connectivity index is 2.18. The number of furan rings is 1. The second-order valence-electron chi connectivity index (χ2n) is 5.00. The zero-order valence-corrected chi connectivity index (χ0v) is 12.3. The Hall–Kier alpha value is -2.14. The van der Waals surface area contributed by atoms with E-state index in [9.17, 15) is 10.1 Å². The number of hydrogen-bond acceptors (Lipinski definition) is 4. The summed E-state index contributed by atoms with van der Waals surface area (Å²) in [5.74, 6) is 0.315. The smallest absolute Gasteiger partial charge is 0.404 e. The largest absolute Gasteiger partial charge is 0.433 e. The fourth-order valence-electron chi connectivity index (χ4n) is 2.33.